The largest absolute Gasteiger partial charge is 0.496 e. The van der Waals surface area contributed by atoms with Gasteiger partial charge in [0, 0.05) is 49.0 Å². The minimum atomic E-state index is -0.319. The molecular formula is C28H32ClN7O3. The summed E-state index contributed by atoms with van der Waals surface area (Å²) in [6.07, 6.45) is 4.79. The monoisotopic (exact) mass is 549 g/mol. The van der Waals surface area contributed by atoms with Crippen LogP contribution in [0.5, 0.6) is 11.5 Å². The first-order valence-electron chi connectivity index (χ1n) is 12.2. The van der Waals surface area contributed by atoms with Crippen LogP contribution in [0.3, 0.4) is 0 Å². The maximum absolute atomic E-state index is 12.2. The van der Waals surface area contributed by atoms with E-state index in [1.807, 2.05) is 50.1 Å². The highest BCUT2D eigenvalue weighted by molar-refractivity contribution is 6.31. The number of hydrogen-bond acceptors (Lipinski definition) is 8. The standard InChI is InChI=1S/C28H32ClN7O3/c1-7-27(37)31-20-16-21(25(39-6)17-23(20)35(4)13-12-34(2)3)32-28-30-10-8-26(33-28)36-11-9-19-22(36)14-18(29)15-24(19)38-5/h7-11,14-17H,1,12-13H2,2-6H3,(H,31,37)(H,30,32,33). The normalized spacial score (nSPS) is 10.9. The molecule has 0 atom stereocenters. The van der Waals surface area contributed by atoms with Crippen LogP contribution in [0.25, 0.3) is 16.7 Å². The molecule has 204 valence electrons. The molecule has 1 amide bonds. The number of hydrogen-bond donors (Lipinski definition) is 2. The van der Waals surface area contributed by atoms with E-state index in [2.05, 4.69) is 32.0 Å². The molecular weight excluding hydrogens is 518 g/mol. The lowest BCUT2D eigenvalue weighted by atomic mass is 10.2. The van der Waals surface area contributed by atoms with E-state index in [4.69, 9.17) is 26.1 Å². The summed E-state index contributed by atoms with van der Waals surface area (Å²) in [6.45, 7) is 5.15. The summed E-state index contributed by atoms with van der Waals surface area (Å²) in [5.41, 5.74) is 2.83. The van der Waals surface area contributed by atoms with Crippen molar-refractivity contribution in [1.82, 2.24) is 19.4 Å². The summed E-state index contributed by atoms with van der Waals surface area (Å²) in [4.78, 5) is 25.5. The predicted octanol–water partition coefficient (Wildman–Crippen LogP) is 4.96. The second-order valence-corrected chi connectivity index (χ2v) is 9.51. The molecule has 2 heterocycles. The number of ether oxygens (including phenoxy) is 2. The average Bonchev–Trinajstić information content (AvgIpc) is 3.35. The van der Waals surface area contributed by atoms with Crippen molar-refractivity contribution in [3.05, 3.63) is 66.5 Å². The number of anilines is 4. The van der Waals surface area contributed by atoms with Crippen LogP contribution in [0.2, 0.25) is 5.02 Å². The van der Waals surface area contributed by atoms with Gasteiger partial charge in [0.05, 0.1) is 36.8 Å². The maximum Gasteiger partial charge on any atom is 0.247 e. The lowest BCUT2D eigenvalue weighted by Crippen LogP contribution is -2.29. The van der Waals surface area contributed by atoms with Gasteiger partial charge in [0.15, 0.2) is 0 Å². The Morgan fingerprint density at radius 3 is 2.54 bits per heavy atom. The number of benzene rings is 2. The van der Waals surface area contributed by atoms with Gasteiger partial charge in [0.1, 0.15) is 17.3 Å². The zero-order valence-corrected chi connectivity index (χ0v) is 23.4. The molecule has 39 heavy (non-hydrogen) atoms. The van der Waals surface area contributed by atoms with Gasteiger partial charge in [0.2, 0.25) is 11.9 Å². The number of aromatic nitrogens is 3. The second-order valence-electron chi connectivity index (χ2n) is 9.08. The fraction of sp³-hybridized carbons (Fsp3) is 0.250. The number of carbonyl (C=O) groups excluding carboxylic acids is 1. The average molecular weight is 550 g/mol. The number of rotatable bonds is 11. The quantitative estimate of drug-likeness (QED) is 0.253. The van der Waals surface area contributed by atoms with Crippen LogP contribution in [0.1, 0.15) is 0 Å². The first-order chi connectivity index (χ1) is 18.7. The van der Waals surface area contributed by atoms with E-state index in [1.165, 1.54) is 6.08 Å². The Hall–Kier alpha value is -4.28. The van der Waals surface area contributed by atoms with E-state index in [-0.39, 0.29) is 5.91 Å². The molecule has 11 heteroatoms. The van der Waals surface area contributed by atoms with Crippen molar-refractivity contribution >= 4 is 51.4 Å². The third-order valence-corrected chi connectivity index (χ3v) is 6.36. The van der Waals surface area contributed by atoms with E-state index in [1.54, 1.807) is 38.6 Å². The van der Waals surface area contributed by atoms with Crippen molar-refractivity contribution < 1.29 is 14.3 Å². The Morgan fingerprint density at radius 2 is 1.85 bits per heavy atom. The molecule has 4 rings (SSSR count). The number of carbonyl (C=O) groups is 1. The number of nitrogens with one attached hydrogen (secondary N) is 2. The van der Waals surface area contributed by atoms with Gasteiger partial charge < -0.3 is 34.5 Å². The van der Waals surface area contributed by atoms with E-state index in [0.717, 1.165) is 29.7 Å². The zero-order valence-electron chi connectivity index (χ0n) is 22.7. The van der Waals surface area contributed by atoms with Gasteiger partial charge in [-0.2, -0.15) is 4.98 Å². The predicted molar refractivity (Wildman–Crippen MR) is 157 cm³/mol. The van der Waals surface area contributed by atoms with E-state index in [0.29, 0.717) is 39.7 Å². The SMILES string of the molecule is C=CC(=O)Nc1cc(Nc2nccc(-n3ccc4c(OC)cc(Cl)cc43)n2)c(OC)cc1N(C)CCN(C)C. The van der Waals surface area contributed by atoms with Gasteiger partial charge in [0.25, 0.3) is 0 Å². The first kappa shape index (κ1) is 27.7. The topological polar surface area (TPSA) is 96.8 Å². The first-order valence-corrected chi connectivity index (χ1v) is 12.6. The van der Waals surface area contributed by atoms with Gasteiger partial charge >= 0.3 is 0 Å². The minimum Gasteiger partial charge on any atom is -0.496 e. The fourth-order valence-corrected chi connectivity index (χ4v) is 4.32. The summed E-state index contributed by atoms with van der Waals surface area (Å²) in [7, 11) is 9.19. The molecule has 0 aliphatic carbocycles. The van der Waals surface area contributed by atoms with Crippen LogP contribution in [0.4, 0.5) is 23.0 Å². The summed E-state index contributed by atoms with van der Waals surface area (Å²) < 4.78 is 13.1. The molecule has 0 spiro atoms. The summed E-state index contributed by atoms with van der Waals surface area (Å²) in [6, 6.07) is 11.0. The van der Waals surface area contributed by atoms with Crippen LogP contribution in [-0.4, -0.2) is 73.8 Å². The molecule has 10 nitrogen and oxygen atoms in total. The lowest BCUT2D eigenvalue weighted by molar-refractivity contribution is -0.111. The Balaban J connectivity index is 1.71. The number of fused-ring (bicyclic) bond motifs is 1. The number of halogens is 1. The molecule has 2 aromatic carbocycles. The molecule has 2 aromatic heterocycles. The third kappa shape index (κ3) is 6.24. The highest BCUT2D eigenvalue weighted by Crippen LogP contribution is 2.38. The van der Waals surface area contributed by atoms with E-state index < -0.39 is 0 Å². The molecule has 0 saturated carbocycles. The van der Waals surface area contributed by atoms with Crippen LogP contribution < -0.4 is 25.0 Å². The second kappa shape index (κ2) is 12.1. The Kier molecular flexibility index (Phi) is 8.58. The molecule has 0 radical (unpaired) electrons. The van der Waals surface area contributed by atoms with Crippen molar-refractivity contribution in [3.8, 4) is 17.3 Å². The maximum atomic E-state index is 12.2. The number of amides is 1. The number of nitrogens with zero attached hydrogens (tertiary/aromatic N) is 5. The lowest BCUT2D eigenvalue weighted by Gasteiger charge is -2.26. The van der Waals surface area contributed by atoms with Gasteiger partial charge in [-0.15, -0.1) is 0 Å². The van der Waals surface area contributed by atoms with Crippen molar-refractivity contribution in [2.75, 3.05) is 64.0 Å². The minimum absolute atomic E-state index is 0.319. The van der Waals surface area contributed by atoms with Crippen LogP contribution >= 0.6 is 11.6 Å². The van der Waals surface area contributed by atoms with Gasteiger partial charge in [-0.05, 0) is 50.5 Å². The molecule has 0 bridgehead atoms. The highest BCUT2D eigenvalue weighted by Gasteiger charge is 2.17. The highest BCUT2D eigenvalue weighted by atomic mass is 35.5. The molecule has 0 saturated heterocycles. The van der Waals surface area contributed by atoms with Gasteiger partial charge in [-0.1, -0.05) is 18.2 Å². The molecule has 0 aliphatic heterocycles. The Labute approximate surface area is 232 Å². The van der Waals surface area contributed by atoms with Crippen molar-refractivity contribution in [1.29, 1.82) is 0 Å². The third-order valence-electron chi connectivity index (χ3n) is 6.14. The summed E-state index contributed by atoms with van der Waals surface area (Å²) >= 11 is 6.33. The van der Waals surface area contributed by atoms with E-state index >= 15 is 0 Å². The van der Waals surface area contributed by atoms with Crippen molar-refractivity contribution in [2.24, 2.45) is 0 Å². The van der Waals surface area contributed by atoms with Crippen LogP contribution in [-0.2, 0) is 4.79 Å². The van der Waals surface area contributed by atoms with Gasteiger partial charge in [-0.3, -0.25) is 4.79 Å². The van der Waals surface area contributed by atoms with Crippen molar-refractivity contribution in [3.63, 3.8) is 0 Å². The van der Waals surface area contributed by atoms with Crippen LogP contribution in [0, 0.1) is 0 Å². The van der Waals surface area contributed by atoms with Crippen molar-refractivity contribution in [2.45, 2.75) is 0 Å². The van der Waals surface area contributed by atoms with E-state index in [9.17, 15) is 4.79 Å². The smallest absolute Gasteiger partial charge is 0.247 e. The Bertz CT molecular complexity index is 1500. The molecule has 4 aromatic rings. The molecule has 0 unspecified atom stereocenters. The summed E-state index contributed by atoms with van der Waals surface area (Å²) in [5.74, 6) is 1.90. The molecule has 0 fully saturated rings. The molecule has 0 aliphatic rings. The molecule has 2 N–H and O–H groups in total. The fourth-order valence-electron chi connectivity index (χ4n) is 4.11. The van der Waals surface area contributed by atoms with Gasteiger partial charge in [-0.25, -0.2) is 4.98 Å². The number of methoxy groups -OCH3 is 2. The van der Waals surface area contributed by atoms with Crippen LogP contribution in [0.15, 0.2) is 61.4 Å². The summed E-state index contributed by atoms with van der Waals surface area (Å²) in [5, 5.41) is 7.61. The zero-order chi connectivity index (χ0) is 28.1. The number of likely N-dealkylation sites (N-methyl/N-ethyl adjacent to an activating group) is 2. The Morgan fingerprint density at radius 1 is 1.08 bits per heavy atom.